The Morgan fingerprint density at radius 1 is 1.27 bits per heavy atom. The van der Waals surface area contributed by atoms with Crippen LogP contribution in [0.15, 0.2) is 30.3 Å². The molecule has 0 saturated carbocycles. The molecule has 122 valence electrons. The van der Waals surface area contributed by atoms with Gasteiger partial charge in [-0.25, -0.2) is 0 Å². The molecule has 0 spiro atoms. The summed E-state index contributed by atoms with van der Waals surface area (Å²) in [5.41, 5.74) is 6.50. The van der Waals surface area contributed by atoms with Crippen molar-refractivity contribution in [3.63, 3.8) is 0 Å². The first-order chi connectivity index (χ1) is 10.5. The first-order valence-electron chi connectivity index (χ1n) is 7.25. The van der Waals surface area contributed by atoms with Crippen LogP contribution in [-0.4, -0.2) is 56.6 Å². The molecule has 1 aromatic carbocycles. The number of likely N-dealkylation sites (N-methyl/N-ethyl adjacent to an activating group) is 1. The van der Waals surface area contributed by atoms with E-state index in [2.05, 4.69) is 5.32 Å². The third-order valence-corrected chi connectivity index (χ3v) is 3.37. The molecule has 6 nitrogen and oxygen atoms in total. The van der Waals surface area contributed by atoms with E-state index in [1.54, 1.807) is 14.1 Å². The number of nitrogens with two attached hydrogens (primary N) is 1. The fraction of sp³-hybridized carbons (Fsp3) is 0.500. The molecule has 0 radical (unpaired) electrons. The standard InChI is InChI=1S/C16H25N3O3/c1-19(2)16(21)14(9-12-7-5-4-6-8-12)18-15(20)10-13(11-17)22-3/h4-8,13-14H,9-11,17H2,1-3H3,(H,18,20). The molecule has 1 rings (SSSR count). The minimum Gasteiger partial charge on any atom is -0.380 e. The van der Waals surface area contributed by atoms with Crippen molar-refractivity contribution in [2.75, 3.05) is 27.7 Å². The zero-order valence-corrected chi connectivity index (χ0v) is 13.4. The van der Waals surface area contributed by atoms with Gasteiger partial charge in [0.1, 0.15) is 6.04 Å². The van der Waals surface area contributed by atoms with Crippen LogP contribution in [0.25, 0.3) is 0 Å². The van der Waals surface area contributed by atoms with E-state index in [9.17, 15) is 9.59 Å². The van der Waals surface area contributed by atoms with Crippen molar-refractivity contribution in [3.8, 4) is 0 Å². The Bertz CT molecular complexity index is 473. The van der Waals surface area contributed by atoms with Crippen LogP contribution in [0.2, 0.25) is 0 Å². The Morgan fingerprint density at radius 2 is 1.91 bits per heavy atom. The van der Waals surface area contributed by atoms with Gasteiger partial charge in [0.25, 0.3) is 0 Å². The lowest BCUT2D eigenvalue weighted by Crippen LogP contribution is -2.48. The Hall–Kier alpha value is -1.92. The van der Waals surface area contributed by atoms with Gasteiger partial charge in [-0.05, 0) is 5.56 Å². The Balaban J connectivity index is 2.74. The van der Waals surface area contributed by atoms with Crippen molar-refractivity contribution < 1.29 is 14.3 Å². The molecule has 22 heavy (non-hydrogen) atoms. The van der Waals surface area contributed by atoms with Crippen LogP contribution in [-0.2, 0) is 20.7 Å². The topological polar surface area (TPSA) is 84.7 Å². The number of hydrogen-bond acceptors (Lipinski definition) is 4. The monoisotopic (exact) mass is 307 g/mol. The van der Waals surface area contributed by atoms with Crippen LogP contribution in [0, 0.1) is 0 Å². The van der Waals surface area contributed by atoms with Gasteiger partial charge in [0.15, 0.2) is 0 Å². The molecule has 0 bridgehead atoms. The van der Waals surface area contributed by atoms with Gasteiger partial charge in [0.2, 0.25) is 11.8 Å². The molecule has 0 fully saturated rings. The lowest BCUT2D eigenvalue weighted by molar-refractivity contribution is -0.135. The number of benzene rings is 1. The third kappa shape index (κ3) is 5.83. The van der Waals surface area contributed by atoms with Crippen LogP contribution in [0.1, 0.15) is 12.0 Å². The van der Waals surface area contributed by atoms with Gasteiger partial charge in [0.05, 0.1) is 12.5 Å². The summed E-state index contributed by atoms with van der Waals surface area (Å²) in [4.78, 5) is 25.8. The number of nitrogens with zero attached hydrogens (tertiary/aromatic N) is 1. The smallest absolute Gasteiger partial charge is 0.244 e. The molecule has 0 aliphatic carbocycles. The maximum Gasteiger partial charge on any atom is 0.244 e. The number of hydrogen-bond donors (Lipinski definition) is 2. The number of ether oxygens (including phenoxy) is 1. The highest BCUT2D eigenvalue weighted by atomic mass is 16.5. The summed E-state index contributed by atoms with van der Waals surface area (Å²) < 4.78 is 5.10. The van der Waals surface area contributed by atoms with E-state index in [4.69, 9.17) is 10.5 Å². The average molecular weight is 307 g/mol. The van der Waals surface area contributed by atoms with Crippen molar-refractivity contribution in [1.82, 2.24) is 10.2 Å². The van der Waals surface area contributed by atoms with Gasteiger partial charge >= 0.3 is 0 Å². The second-order valence-corrected chi connectivity index (χ2v) is 5.34. The van der Waals surface area contributed by atoms with Crippen molar-refractivity contribution in [2.24, 2.45) is 5.73 Å². The summed E-state index contributed by atoms with van der Waals surface area (Å²) in [6.07, 6.45) is 0.245. The molecule has 0 heterocycles. The molecule has 2 amide bonds. The van der Waals surface area contributed by atoms with Gasteiger partial charge in [-0.15, -0.1) is 0 Å². The Labute approximate surface area is 131 Å². The Morgan fingerprint density at radius 3 is 2.41 bits per heavy atom. The summed E-state index contributed by atoms with van der Waals surface area (Å²) in [6.45, 7) is 0.259. The van der Waals surface area contributed by atoms with Crippen molar-refractivity contribution in [1.29, 1.82) is 0 Å². The number of amides is 2. The van der Waals surface area contributed by atoms with Crippen LogP contribution in [0.5, 0.6) is 0 Å². The minimum absolute atomic E-state index is 0.138. The molecule has 0 aromatic heterocycles. The number of carbonyl (C=O) groups is 2. The maximum absolute atomic E-state index is 12.3. The van der Waals surface area contributed by atoms with Crippen LogP contribution in [0.4, 0.5) is 0 Å². The zero-order chi connectivity index (χ0) is 16.5. The third-order valence-electron chi connectivity index (χ3n) is 3.37. The summed E-state index contributed by atoms with van der Waals surface area (Å²) in [6, 6.07) is 8.99. The van der Waals surface area contributed by atoms with Crippen LogP contribution in [0.3, 0.4) is 0 Å². The summed E-state index contributed by atoms with van der Waals surface area (Å²) in [5, 5.41) is 2.78. The van der Waals surface area contributed by atoms with Gasteiger partial charge < -0.3 is 20.7 Å². The summed E-state index contributed by atoms with van der Waals surface area (Å²) >= 11 is 0. The van der Waals surface area contributed by atoms with Gasteiger partial charge in [-0.3, -0.25) is 9.59 Å². The van der Waals surface area contributed by atoms with Gasteiger partial charge in [-0.2, -0.15) is 0 Å². The van der Waals surface area contributed by atoms with E-state index in [0.717, 1.165) is 5.56 Å². The second kappa shape index (κ2) is 9.17. The number of nitrogens with one attached hydrogen (secondary N) is 1. The second-order valence-electron chi connectivity index (χ2n) is 5.34. The normalized spacial score (nSPS) is 13.3. The molecule has 3 N–H and O–H groups in total. The number of rotatable bonds is 8. The molecular formula is C16H25N3O3. The average Bonchev–Trinajstić information content (AvgIpc) is 2.52. The van der Waals surface area contributed by atoms with Crippen LogP contribution >= 0.6 is 0 Å². The van der Waals surface area contributed by atoms with Crippen molar-refractivity contribution >= 4 is 11.8 Å². The summed E-state index contributed by atoms with van der Waals surface area (Å²) in [7, 11) is 4.85. The number of carbonyl (C=O) groups excluding carboxylic acids is 2. The SMILES string of the molecule is COC(CN)CC(=O)NC(Cc1ccccc1)C(=O)N(C)C. The van der Waals surface area contributed by atoms with E-state index in [0.29, 0.717) is 6.42 Å². The van der Waals surface area contributed by atoms with Crippen LogP contribution < -0.4 is 11.1 Å². The molecule has 2 atom stereocenters. The molecule has 2 unspecified atom stereocenters. The first-order valence-corrected chi connectivity index (χ1v) is 7.25. The minimum atomic E-state index is -0.597. The number of methoxy groups -OCH3 is 1. The molecule has 0 aliphatic heterocycles. The van der Waals surface area contributed by atoms with E-state index >= 15 is 0 Å². The van der Waals surface area contributed by atoms with Gasteiger partial charge in [-0.1, -0.05) is 30.3 Å². The highest BCUT2D eigenvalue weighted by Crippen LogP contribution is 2.06. The lowest BCUT2D eigenvalue weighted by atomic mass is 10.0. The molecule has 0 saturated heterocycles. The molecule has 0 aliphatic rings. The van der Waals surface area contributed by atoms with Crippen molar-refractivity contribution in [3.05, 3.63) is 35.9 Å². The molecule has 1 aromatic rings. The maximum atomic E-state index is 12.3. The fourth-order valence-electron chi connectivity index (χ4n) is 2.08. The predicted molar refractivity (Wildman–Crippen MR) is 85.2 cm³/mol. The predicted octanol–water partition coefficient (Wildman–Crippen LogP) is 0.166. The first kappa shape index (κ1) is 18.1. The molecular weight excluding hydrogens is 282 g/mol. The Kier molecular flexibility index (Phi) is 7.56. The highest BCUT2D eigenvalue weighted by Gasteiger charge is 2.23. The zero-order valence-electron chi connectivity index (χ0n) is 13.4. The fourth-order valence-corrected chi connectivity index (χ4v) is 2.08. The highest BCUT2D eigenvalue weighted by molar-refractivity contribution is 5.87. The van der Waals surface area contributed by atoms with E-state index in [1.165, 1.54) is 12.0 Å². The molecule has 6 heteroatoms. The quantitative estimate of drug-likeness (QED) is 0.717. The van der Waals surface area contributed by atoms with E-state index in [-0.39, 0.29) is 30.9 Å². The lowest BCUT2D eigenvalue weighted by Gasteiger charge is -2.23. The summed E-state index contributed by atoms with van der Waals surface area (Å²) in [5.74, 6) is -0.382. The van der Waals surface area contributed by atoms with Gasteiger partial charge in [0, 0.05) is 34.2 Å². The van der Waals surface area contributed by atoms with E-state index < -0.39 is 6.04 Å². The van der Waals surface area contributed by atoms with E-state index in [1.807, 2.05) is 30.3 Å². The van der Waals surface area contributed by atoms with Crippen molar-refractivity contribution in [2.45, 2.75) is 25.0 Å². The largest absolute Gasteiger partial charge is 0.380 e.